The van der Waals surface area contributed by atoms with Gasteiger partial charge in [0, 0.05) is 53.8 Å². The Kier molecular flexibility index (Phi) is 5.02. The number of nitrogens with zero attached hydrogens (tertiary/aromatic N) is 2. The van der Waals surface area contributed by atoms with Gasteiger partial charge in [-0.05, 0) is 54.8 Å². The number of hydroxylamine groups is 1. The van der Waals surface area contributed by atoms with Gasteiger partial charge in [-0.15, -0.1) is 0 Å². The van der Waals surface area contributed by atoms with Gasteiger partial charge in [0.05, 0.1) is 0 Å². The first-order chi connectivity index (χ1) is 13.0. The van der Waals surface area contributed by atoms with Gasteiger partial charge in [-0.3, -0.25) is 0 Å². The zero-order chi connectivity index (χ0) is 20.7. The molecule has 0 radical (unpaired) electrons. The van der Waals surface area contributed by atoms with Crippen LogP contribution in [0.4, 0.5) is 11.4 Å². The van der Waals surface area contributed by atoms with Gasteiger partial charge < -0.3 is 10.3 Å². The Morgan fingerprint density at radius 3 is 2.04 bits per heavy atom. The van der Waals surface area contributed by atoms with Crippen molar-refractivity contribution < 1.29 is 4.76 Å². The van der Waals surface area contributed by atoms with Crippen LogP contribution in [-0.4, -0.2) is 15.8 Å². The van der Waals surface area contributed by atoms with Crippen molar-refractivity contribution in [2.24, 2.45) is 0 Å². The molecule has 0 fully saturated rings. The van der Waals surface area contributed by atoms with Crippen LogP contribution in [0.3, 0.4) is 0 Å². The number of hydrogen-bond donors (Lipinski definition) is 0. The Morgan fingerprint density at radius 2 is 1.43 bits per heavy atom. The van der Waals surface area contributed by atoms with E-state index in [-0.39, 0.29) is 0 Å². The number of anilines is 1. The molecule has 0 atom stereocenters. The van der Waals surface area contributed by atoms with Crippen molar-refractivity contribution in [3.8, 4) is 11.1 Å². The zero-order valence-electron chi connectivity index (χ0n) is 17.5. The summed E-state index contributed by atoms with van der Waals surface area (Å²) < 4.78 is 0.970. The lowest BCUT2D eigenvalue weighted by Crippen LogP contribution is -2.36. The van der Waals surface area contributed by atoms with E-state index in [1.165, 1.54) is 0 Å². The van der Waals surface area contributed by atoms with Crippen LogP contribution in [0.15, 0.2) is 60.7 Å². The van der Waals surface area contributed by atoms with Crippen molar-refractivity contribution >= 4 is 22.1 Å². The summed E-state index contributed by atoms with van der Waals surface area (Å²) in [6, 6.07) is 19.7. The van der Waals surface area contributed by atoms with E-state index >= 15 is 0 Å². The summed E-state index contributed by atoms with van der Waals surface area (Å²) in [6.07, 6.45) is 0. The average molecular weight is 377 g/mol. The summed E-state index contributed by atoms with van der Waals surface area (Å²) in [5.74, 6) is 0. The van der Waals surface area contributed by atoms with Crippen LogP contribution >= 0.6 is 0 Å². The van der Waals surface area contributed by atoms with Gasteiger partial charge in [-0.2, -0.15) is 0 Å². The van der Waals surface area contributed by atoms with Crippen molar-refractivity contribution in [2.75, 3.05) is 5.06 Å². The Balaban J connectivity index is 2.19. The molecule has 3 rings (SSSR count). The van der Waals surface area contributed by atoms with E-state index in [2.05, 4.69) is 24.3 Å². The Morgan fingerprint density at radius 1 is 0.786 bits per heavy atom. The van der Waals surface area contributed by atoms with E-state index in [9.17, 15) is 10.1 Å². The third-order valence-corrected chi connectivity index (χ3v) is 4.67. The molecule has 28 heavy (non-hydrogen) atoms. The summed E-state index contributed by atoms with van der Waals surface area (Å²) in [4.78, 5) is 12.9. The first kappa shape index (κ1) is 20.0. The van der Waals surface area contributed by atoms with Gasteiger partial charge in [0.1, 0.15) is 0 Å². The molecule has 0 heterocycles. The molecule has 3 aromatic rings. The Hall–Kier alpha value is -2.72. The van der Waals surface area contributed by atoms with Gasteiger partial charge in [0.15, 0.2) is 0 Å². The molecule has 0 bridgehead atoms. The van der Waals surface area contributed by atoms with E-state index in [1.807, 2.05) is 71.9 Å². The maximum atomic E-state index is 12.9. The molecular weight excluding hydrogens is 348 g/mol. The van der Waals surface area contributed by atoms with Crippen LogP contribution in [0.5, 0.6) is 0 Å². The summed E-state index contributed by atoms with van der Waals surface area (Å²) in [5.41, 5.74) is 1.60. The molecule has 4 heteroatoms. The lowest BCUT2D eigenvalue weighted by molar-refractivity contribution is -0.540. The monoisotopic (exact) mass is 376 g/mol. The fourth-order valence-corrected chi connectivity index (χ4v) is 3.14. The van der Waals surface area contributed by atoms with Gasteiger partial charge in [0.25, 0.3) is 5.69 Å². The zero-order valence-corrected chi connectivity index (χ0v) is 17.5. The second kappa shape index (κ2) is 7.02. The second-order valence-corrected chi connectivity index (χ2v) is 9.23. The minimum Gasteiger partial charge on any atom is -0.758 e. The van der Waals surface area contributed by atoms with E-state index < -0.39 is 11.1 Å². The van der Waals surface area contributed by atoms with Crippen molar-refractivity contribution in [3.05, 3.63) is 70.8 Å². The minimum atomic E-state index is -0.602. The molecule has 0 saturated heterocycles. The molecule has 0 N–H and O–H groups in total. The maximum Gasteiger partial charge on any atom is 0.259 e. The third-order valence-electron chi connectivity index (χ3n) is 4.67. The predicted octanol–water partition coefficient (Wildman–Crippen LogP) is 6.82. The summed E-state index contributed by atoms with van der Waals surface area (Å²) in [6.45, 7) is 11.2. The van der Waals surface area contributed by atoms with Gasteiger partial charge in [0.2, 0.25) is 5.54 Å². The molecule has 0 amide bonds. The van der Waals surface area contributed by atoms with Crippen molar-refractivity contribution in [2.45, 2.75) is 52.6 Å². The molecule has 0 aromatic heterocycles. The smallest absolute Gasteiger partial charge is 0.259 e. The molecular formula is C24H28N2O2. The van der Waals surface area contributed by atoms with Gasteiger partial charge in [-0.1, -0.05) is 36.4 Å². The first-order valence-corrected chi connectivity index (χ1v) is 9.56. The lowest BCUT2D eigenvalue weighted by Gasteiger charge is -2.43. The molecule has 4 nitrogen and oxygen atoms in total. The van der Waals surface area contributed by atoms with Gasteiger partial charge in [-0.25, -0.2) is 0 Å². The third kappa shape index (κ3) is 4.07. The molecule has 0 aliphatic heterocycles. The molecule has 146 valence electrons. The van der Waals surface area contributed by atoms with Crippen LogP contribution in [0.1, 0.15) is 41.5 Å². The number of benzene rings is 3. The number of fused-ring (bicyclic) bond motifs is 1. The number of nitroso groups, excluding NO2 is 1. The fraction of sp³-hybridized carbons (Fsp3) is 0.333. The topological polar surface area (TPSA) is 46.4 Å². The predicted molar refractivity (Wildman–Crippen MR) is 118 cm³/mol. The number of rotatable bonds is 3. The SMILES string of the molecule is CC(C)(C)N([O-])c1cc(-c2ccc3ccccc3c2)cc([N+](=O)C(C)(C)C)c1. The highest BCUT2D eigenvalue weighted by Crippen LogP contribution is 2.35. The van der Waals surface area contributed by atoms with Crippen LogP contribution in [-0.2, 0) is 0 Å². The van der Waals surface area contributed by atoms with Gasteiger partial charge >= 0.3 is 0 Å². The van der Waals surface area contributed by atoms with E-state index in [0.29, 0.717) is 11.4 Å². The van der Waals surface area contributed by atoms with Crippen molar-refractivity contribution in [1.82, 2.24) is 0 Å². The summed E-state index contributed by atoms with van der Waals surface area (Å²) in [5, 5.41) is 16.1. The van der Waals surface area contributed by atoms with Crippen LogP contribution in [0.2, 0.25) is 0 Å². The second-order valence-electron chi connectivity index (χ2n) is 9.23. The standard InChI is InChI=1S/C24H28N2O2/c1-23(2,3)25(27)21-14-20(15-22(16-21)26(28)24(4,5)6)19-12-11-17-9-7-8-10-18(17)13-19/h7-16H,1-6H3. The van der Waals surface area contributed by atoms with E-state index in [4.69, 9.17) is 0 Å². The Bertz CT molecular complexity index is 1030. The molecule has 0 aliphatic carbocycles. The Labute approximate surface area is 167 Å². The molecule has 0 spiro atoms. The molecule has 0 saturated carbocycles. The quantitative estimate of drug-likeness (QED) is 0.372. The normalized spacial score (nSPS) is 12.2. The lowest BCUT2D eigenvalue weighted by atomic mass is 9.98. The van der Waals surface area contributed by atoms with Crippen molar-refractivity contribution in [1.29, 1.82) is 0 Å². The molecule has 0 unspecified atom stereocenters. The first-order valence-electron chi connectivity index (χ1n) is 9.56. The highest BCUT2D eigenvalue weighted by atomic mass is 16.5. The average Bonchev–Trinajstić information content (AvgIpc) is 2.64. The largest absolute Gasteiger partial charge is 0.758 e. The van der Waals surface area contributed by atoms with E-state index in [1.54, 1.807) is 6.07 Å². The highest BCUT2D eigenvalue weighted by molar-refractivity contribution is 5.88. The molecule has 0 aliphatic rings. The minimum absolute atomic E-state index is 0.484. The molecule has 3 aromatic carbocycles. The van der Waals surface area contributed by atoms with Crippen LogP contribution in [0, 0.1) is 10.1 Å². The fourth-order valence-electron chi connectivity index (χ4n) is 3.14. The summed E-state index contributed by atoms with van der Waals surface area (Å²) >= 11 is 0. The van der Waals surface area contributed by atoms with E-state index in [0.717, 1.165) is 31.7 Å². The van der Waals surface area contributed by atoms with Crippen molar-refractivity contribution in [3.63, 3.8) is 0 Å². The van der Waals surface area contributed by atoms with Crippen LogP contribution in [0.25, 0.3) is 21.9 Å². The highest BCUT2D eigenvalue weighted by Gasteiger charge is 2.32. The number of hydrogen-bond acceptors (Lipinski definition) is 3. The summed E-state index contributed by atoms with van der Waals surface area (Å²) in [7, 11) is 0. The maximum absolute atomic E-state index is 12.9. The van der Waals surface area contributed by atoms with Crippen LogP contribution < -0.4 is 5.06 Å².